The first-order chi connectivity index (χ1) is 17.7. The van der Waals surface area contributed by atoms with E-state index in [1.54, 1.807) is 23.1 Å². The van der Waals surface area contributed by atoms with Crippen LogP contribution in [-0.4, -0.2) is 56.4 Å². The number of rotatable bonds is 7. The Morgan fingerprint density at radius 3 is 2.32 bits per heavy atom. The van der Waals surface area contributed by atoms with Crippen LogP contribution in [-0.2, 0) is 0 Å². The van der Waals surface area contributed by atoms with Crippen LogP contribution in [0.3, 0.4) is 0 Å². The molecule has 200 valence electrons. The van der Waals surface area contributed by atoms with Crippen LogP contribution in [0.15, 0.2) is 42.5 Å². The maximum absolute atomic E-state index is 13.4. The van der Waals surface area contributed by atoms with E-state index in [4.69, 9.17) is 9.47 Å². The molecule has 1 saturated carbocycles. The van der Waals surface area contributed by atoms with Crippen molar-refractivity contribution in [3.05, 3.63) is 53.6 Å². The standard InChI is InChI=1S/C27H31F3N2O5/c1-35-23-12-11-18(15-24(23)36-2)26(34)32-14-13-21(20(16-32)17-7-3-4-8-17)31-25(33)19-9-5-6-10-22(19)37-27(28,29)30/h5-6,9-12,15,17,20-21H,3-4,7-8,13-14,16H2,1-2H3,(H,31,33)/t20?,21-/m1/s1. The Hall–Kier alpha value is -3.43. The van der Waals surface area contributed by atoms with E-state index in [1.807, 2.05) is 0 Å². The molecule has 2 aromatic rings. The topological polar surface area (TPSA) is 77.1 Å². The van der Waals surface area contributed by atoms with Gasteiger partial charge in [0, 0.05) is 24.7 Å². The Bertz CT molecular complexity index is 1120. The lowest BCUT2D eigenvalue weighted by atomic mass is 9.80. The van der Waals surface area contributed by atoms with Crippen LogP contribution < -0.4 is 19.5 Å². The highest BCUT2D eigenvalue weighted by atomic mass is 19.4. The number of nitrogens with zero attached hydrogens (tertiary/aromatic N) is 1. The monoisotopic (exact) mass is 520 g/mol. The highest BCUT2D eigenvalue weighted by Gasteiger charge is 2.39. The fourth-order valence-corrected chi connectivity index (χ4v) is 5.47. The van der Waals surface area contributed by atoms with Crippen molar-refractivity contribution in [1.29, 1.82) is 0 Å². The molecule has 1 aliphatic heterocycles. The van der Waals surface area contributed by atoms with E-state index in [0.717, 1.165) is 31.7 Å². The van der Waals surface area contributed by atoms with Crippen molar-refractivity contribution < 1.29 is 37.0 Å². The predicted octanol–water partition coefficient (Wildman–Crippen LogP) is 5.05. The Labute approximate surface area is 213 Å². The van der Waals surface area contributed by atoms with Gasteiger partial charge in [-0.2, -0.15) is 0 Å². The number of likely N-dealkylation sites (tertiary alicyclic amines) is 1. The third kappa shape index (κ3) is 6.29. The fourth-order valence-electron chi connectivity index (χ4n) is 5.47. The molecular weight excluding hydrogens is 489 g/mol. The molecule has 0 radical (unpaired) electrons. The average Bonchev–Trinajstić information content (AvgIpc) is 3.42. The molecule has 37 heavy (non-hydrogen) atoms. The SMILES string of the molecule is COc1ccc(C(=O)N2CC[C@@H](NC(=O)c3ccccc3OC(F)(F)F)C(C3CCCC3)C2)cc1OC. The first kappa shape index (κ1) is 26.6. The summed E-state index contributed by atoms with van der Waals surface area (Å²) in [6.07, 6.45) is -0.277. The Balaban J connectivity index is 1.51. The molecule has 2 atom stereocenters. The van der Waals surface area contributed by atoms with Crippen molar-refractivity contribution in [3.8, 4) is 17.2 Å². The lowest BCUT2D eigenvalue weighted by molar-refractivity contribution is -0.274. The maximum atomic E-state index is 13.4. The van der Waals surface area contributed by atoms with Gasteiger partial charge >= 0.3 is 6.36 Å². The summed E-state index contributed by atoms with van der Waals surface area (Å²) in [6, 6.07) is 10.1. The molecule has 7 nitrogen and oxygen atoms in total. The second-order valence-corrected chi connectivity index (χ2v) is 9.44. The number of carbonyl (C=O) groups excluding carboxylic acids is 2. The number of carbonyl (C=O) groups is 2. The second kappa shape index (κ2) is 11.3. The Kier molecular flexibility index (Phi) is 8.14. The number of amides is 2. The molecule has 1 N–H and O–H groups in total. The number of piperidine rings is 1. The fraction of sp³-hybridized carbons (Fsp3) is 0.481. The molecule has 0 bridgehead atoms. The van der Waals surface area contributed by atoms with Gasteiger partial charge in [0.15, 0.2) is 11.5 Å². The van der Waals surface area contributed by atoms with Crippen molar-refractivity contribution >= 4 is 11.8 Å². The zero-order chi connectivity index (χ0) is 26.6. The van der Waals surface area contributed by atoms with E-state index in [2.05, 4.69) is 10.1 Å². The van der Waals surface area contributed by atoms with Gasteiger partial charge in [-0.05, 0) is 48.6 Å². The van der Waals surface area contributed by atoms with Gasteiger partial charge in [0.1, 0.15) is 5.75 Å². The first-order valence-electron chi connectivity index (χ1n) is 12.4. The summed E-state index contributed by atoms with van der Waals surface area (Å²) in [5, 5.41) is 2.96. The highest BCUT2D eigenvalue weighted by Crippen LogP contribution is 2.37. The number of benzene rings is 2. The maximum Gasteiger partial charge on any atom is 0.573 e. The Morgan fingerprint density at radius 2 is 1.65 bits per heavy atom. The lowest BCUT2D eigenvalue weighted by Gasteiger charge is -2.42. The van der Waals surface area contributed by atoms with Gasteiger partial charge < -0.3 is 24.4 Å². The minimum Gasteiger partial charge on any atom is -0.493 e. The van der Waals surface area contributed by atoms with E-state index in [1.165, 1.54) is 32.4 Å². The van der Waals surface area contributed by atoms with Crippen LogP contribution in [0.4, 0.5) is 13.2 Å². The summed E-state index contributed by atoms with van der Waals surface area (Å²) >= 11 is 0. The number of nitrogens with one attached hydrogen (secondary N) is 1. The zero-order valence-corrected chi connectivity index (χ0v) is 20.8. The molecule has 1 unspecified atom stereocenters. The van der Waals surface area contributed by atoms with Crippen LogP contribution in [0.5, 0.6) is 17.2 Å². The summed E-state index contributed by atoms with van der Waals surface area (Å²) in [6.45, 7) is 0.853. The number of halogens is 3. The van der Waals surface area contributed by atoms with Crippen molar-refractivity contribution in [2.75, 3.05) is 27.3 Å². The van der Waals surface area contributed by atoms with Crippen molar-refractivity contribution in [2.24, 2.45) is 11.8 Å². The minimum atomic E-state index is -4.90. The van der Waals surface area contributed by atoms with Gasteiger partial charge in [-0.25, -0.2) is 0 Å². The molecule has 4 rings (SSSR count). The summed E-state index contributed by atoms with van der Waals surface area (Å²) in [4.78, 5) is 28.2. The summed E-state index contributed by atoms with van der Waals surface area (Å²) in [7, 11) is 3.03. The molecule has 2 amide bonds. The van der Waals surface area contributed by atoms with E-state index >= 15 is 0 Å². The summed E-state index contributed by atoms with van der Waals surface area (Å²) in [5.41, 5.74) is 0.303. The molecule has 2 aliphatic rings. The van der Waals surface area contributed by atoms with Crippen LogP contribution >= 0.6 is 0 Å². The van der Waals surface area contributed by atoms with Gasteiger partial charge in [0.05, 0.1) is 19.8 Å². The first-order valence-corrected chi connectivity index (χ1v) is 12.4. The Morgan fingerprint density at radius 1 is 0.946 bits per heavy atom. The molecule has 1 saturated heterocycles. The number of methoxy groups -OCH3 is 2. The number of alkyl halides is 3. The molecule has 2 fully saturated rings. The highest BCUT2D eigenvalue weighted by molar-refractivity contribution is 5.97. The third-order valence-corrected chi connectivity index (χ3v) is 7.25. The smallest absolute Gasteiger partial charge is 0.493 e. The van der Waals surface area contributed by atoms with Gasteiger partial charge in [-0.15, -0.1) is 13.2 Å². The molecule has 0 spiro atoms. The number of para-hydroxylation sites is 1. The minimum absolute atomic E-state index is 0.0139. The lowest BCUT2D eigenvalue weighted by Crippen LogP contribution is -2.54. The van der Waals surface area contributed by atoms with Crippen molar-refractivity contribution in [1.82, 2.24) is 10.2 Å². The summed E-state index contributed by atoms with van der Waals surface area (Å²) in [5.74, 6) is -0.00854. The van der Waals surface area contributed by atoms with E-state index < -0.39 is 18.0 Å². The van der Waals surface area contributed by atoms with Gasteiger partial charge in [0.25, 0.3) is 11.8 Å². The van der Waals surface area contributed by atoms with E-state index in [9.17, 15) is 22.8 Å². The summed E-state index contributed by atoms with van der Waals surface area (Å²) < 4.78 is 53.2. The number of ether oxygens (including phenoxy) is 3. The molecule has 2 aromatic carbocycles. The van der Waals surface area contributed by atoms with Gasteiger partial charge in [0.2, 0.25) is 0 Å². The van der Waals surface area contributed by atoms with Gasteiger partial charge in [-0.1, -0.05) is 37.8 Å². The van der Waals surface area contributed by atoms with Crippen LogP contribution in [0.1, 0.15) is 52.8 Å². The molecule has 0 aromatic heterocycles. The van der Waals surface area contributed by atoms with E-state index in [0.29, 0.717) is 42.5 Å². The molecule has 1 aliphatic carbocycles. The quantitative estimate of drug-likeness (QED) is 0.553. The number of hydrogen-bond acceptors (Lipinski definition) is 5. The van der Waals surface area contributed by atoms with Crippen LogP contribution in [0.25, 0.3) is 0 Å². The average molecular weight is 521 g/mol. The predicted molar refractivity (Wildman–Crippen MR) is 130 cm³/mol. The molecule has 1 heterocycles. The zero-order valence-electron chi connectivity index (χ0n) is 20.8. The van der Waals surface area contributed by atoms with Gasteiger partial charge in [-0.3, -0.25) is 9.59 Å². The third-order valence-electron chi connectivity index (χ3n) is 7.25. The van der Waals surface area contributed by atoms with Crippen molar-refractivity contribution in [3.63, 3.8) is 0 Å². The van der Waals surface area contributed by atoms with E-state index in [-0.39, 0.29) is 23.4 Å². The number of hydrogen-bond donors (Lipinski definition) is 1. The molecule has 10 heteroatoms. The largest absolute Gasteiger partial charge is 0.573 e. The van der Waals surface area contributed by atoms with Crippen LogP contribution in [0, 0.1) is 11.8 Å². The normalized spacial score (nSPS) is 20.4. The van der Waals surface area contributed by atoms with Crippen LogP contribution in [0.2, 0.25) is 0 Å². The second-order valence-electron chi connectivity index (χ2n) is 9.44. The molecular formula is C27H31F3N2O5. The van der Waals surface area contributed by atoms with Crippen molar-refractivity contribution in [2.45, 2.75) is 44.5 Å².